The fourth-order valence-electron chi connectivity index (χ4n) is 2.24. The monoisotopic (exact) mass is 352 g/mol. The van der Waals surface area contributed by atoms with Crippen molar-refractivity contribution in [2.45, 2.75) is 26.2 Å². The zero-order valence-corrected chi connectivity index (χ0v) is 15.4. The minimum absolute atomic E-state index is 0.0772. The molecule has 2 aromatic rings. The van der Waals surface area contributed by atoms with Gasteiger partial charge in [0.2, 0.25) is 0 Å². The number of carbonyl (C=O) groups excluding carboxylic acids is 1. The largest absolute Gasteiger partial charge is 0.492 e. The number of nitriles is 1. The summed E-state index contributed by atoms with van der Waals surface area (Å²) >= 11 is 0. The molecule has 5 nitrogen and oxygen atoms in total. The van der Waals surface area contributed by atoms with E-state index in [0.29, 0.717) is 24.5 Å². The molecule has 0 radical (unpaired) electrons. The Morgan fingerprint density at radius 3 is 2.15 bits per heavy atom. The second kappa shape index (κ2) is 8.91. The van der Waals surface area contributed by atoms with Gasteiger partial charge in [0.05, 0.1) is 18.2 Å². The van der Waals surface area contributed by atoms with Gasteiger partial charge >= 0.3 is 0 Å². The molecule has 0 saturated heterocycles. The lowest BCUT2D eigenvalue weighted by Crippen LogP contribution is -2.32. The number of hydrogen-bond donors (Lipinski definition) is 1. The van der Waals surface area contributed by atoms with E-state index in [1.165, 1.54) is 5.56 Å². The number of ether oxygens (including phenoxy) is 2. The lowest BCUT2D eigenvalue weighted by atomic mass is 9.87. The molecule has 2 aromatic carbocycles. The summed E-state index contributed by atoms with van der Waals surface area (Å²) in [6, 6.07) is 16.6. The molecule has 0 spiro atoms. The van der Waals surface area contributed by atoms with E-state index in [-0.39, 0.29) is 17.9 Å². The van der Waals surface area contributed by atoms with Gasteiger partial charge in [0.25, 0.3) is 5.91 Å². The van der Waals surface area contributed by atoms with Crippen molar-refractivity contribution in [1.29, 1.82) is 5.26 Å². The van der Waals surface area contributed by atoms with Crippen molar-refractivity contribution in [2.75, 3.05) is 19.8 Å². The van der Waals surface area contributed by atoms with Crippen LogP contribution in [0.2, 0.25) is 0 Å². The summed E-state index contributed by atoms with van der Waals surface area (Å²) in [7, 11) is 0. The van der Waals surface area contributed by atoms with Crippen LogP contribution in [0, 0.1) is 11.3 Å². The summed E-state index contributed by atoms with van der Waals surface area (Å²) < 4.78 is 11.0. The maximum Gasteiger partial charge on any atom is 0.258 e. The molecule has 0 unspecified atom stereocenters. The van der Waals surface area contributed by atoms with Crippen LogP contribution >= 0.6 is 0 Å². The first-order valence-electron chi connectivity index (χ1n) is 8.51. The van der Waals surface area contributed by atoms with Crippen molar-refractivity contribution in [1.82, 2.24) is 5.32 Å². The van der Waals surface area contributed by atoms with Gasteiger partial charge in [0.15, 0.2) is 6.61 Å². The lowest BCUT2D eigenvalue weighted by Gasteiger charge is -2.19. The number of carbonyl (C=O) groups is 1. The van der Waals surface area contributed by atoms with E-state index in [1.807, 2.05) is 18.2 Å². The van der Waals surface area contributed by atoms with E-state index in [4.69, 9.17) is 14.7 Å². The predicted molar refractivity (Wildman–Crippen MR) is 100 cm³/mol. The normalized spacial score (nSPS) is 10.7. The van der Waals surface area contributed by atoms with E-state index in [1.54, 1.807) is 24.3 Å². The molecule has 0 aliphatic carbocycles. The molecule has 0 fully saturated rings. The quantitative estimate of drug-likeness (QED) is 0.775. The molecule has 1 N–H and O–H groups in total. The van der Waals surface area contributed by atoms with Crippen molar-refractivity contribution in [3.8, 4) is 17.6 Å². The van der Waals surface area contributed by atoms with Crippen LogP contribution in [0.1, 0.15) is 31.9 Å². The topological polar surface area (TPSA) is 71.3 Å². The molecule has 0 atom stereocenters. The molecule has 5 heteroatoms. The molecule has 0 heterocycles. The molecular formula is C21H24N2O3. The summed E-state index contributed by atoms with van der Waals surface area (Å²) in [5, 5.41) is 11.5. The fraction of sp³-hybridized carbons (Fsp3) is 0.333. The number of hydrogen-bond acceptors (Lipinski definition) is 4. The zero-order chi connectivity index (χ0) is 19.0. The van der Waals surface area contributed by atoms with Crippen LogP contribution in [0.25, 0.3) is 0 Å². The number of rotatable bonds is 7. The van der Waals surface area contributed by atoms with E-state index in [2.05, 4.69) is 38.2 Å². The minimum atomic E-state index is -0.221. The standard InChI is InChI=1S/C21H24N2O3/c1-21(2,3)17-6-10-18(11-7-17)25-13-12-23-20(24)15-26-19-8-4-16(14-22)5-9-19/h4-11H,12-13,15H2,1-3H3,(H,23,24). The van der Waals surface area contributed by atoms with Crippen LogP contribution in [0.5, 0.6) is 11.5 Å². The van der Waals surface area contributed by atoms with Crippen LogP contribution in [0.15, 0.2) is 48.5 Å². The Morgan fingerprint density at radius 2 is 1.58 bits per heavy atom. The third kappa shape index (κ3) is 6.14. The fourth-order valence-corrected chi connectivity index (χ4v) is 2.24. The molecule has 1 amide bonds. The second-order valence-electron chi connectivity index (χ2n) is 6.90. The first kappa shape index (κ1) is 19.3. The molecule has 0 saturated carbocycles. The Kier molecular flexibility index (Phi) is 6.62. The van der Waals surface area contributed by atoms with Crippen molar-refractivity contribution in [3.05, 3.63) is 59.7 Å². The van der Waals surface area contributed by atoms with Crippen molar-refractivity contribution >= 4 is 5.91 Å². The maximum atomic E-state index is 11.8. The maximum absolute atomic E-state index is 11.8. The predicted octanol–water partition coefficient (Wildman–Crippen LogP) is 3.43. The minimum Gasteiger partial charge on any atom is -0.492 e. The zero-order valence-electron chi connectivity index (χ0n) is 15.4. The molecule has 0 aromatic heterocycles. The number of amides is 1. The van der Waals surface area contributed by atoms with Crippen LogP contribution in [0.4, 0.5) is 0 Å². The highest BCUT2D eigenvalue weighted by molar-refractivity contribution is 5.77. The molecule has 136 valence electrons. The van der Waals surface area contributed by atoms with Gasteiger partial charge in [-0.25, -0.2) is 0 Å². The Bertz CT molecular complexity index is 754. The van der Waals surface area contributed by atoms with Gasteiger partial charge in [0, 0.05) is 0 Å². The molecule has 0 aliphatic heterocycles. The third-order valence-corrected chi connectivity index (χ3v) is 3.77. The molecule has 0 aliphatic rings. The van der Waals surface area contributed by atoms with E-state index in [9.17, 15) is 4.79 Å². The van der Waals surface area contributed by atoms with Crippen LogP contribution in [0.3, 0.4) is 0 Å². The molecule has 2 rings (SSSR count). The highest BCUT2D eigenvalue weighted by Crippen LogP contribution is 2.24. The van der Waals surface area contributed by atoms with Gasteiger partial charge < -0.3 is 14.8 Å². The third-order valence-electron chi connectivity index (χ3n) is 3.77. The number of nitrogens with zero attached hydrogens (tertiary/aromatic N) is 1. The van der Waals surface area contributed by atoms with Crippen molar-refractivity contribution < 1.29 is 14.3 Å². The van der Waals surface area contributed by atoms with Crippen molar-refractivity contribution in [3.63, 3.8) is 0 Å². The second-order valence-corrected chi connectivity index (χ2v) is 6.90. The molecule has 0 bridgehead atoms. The summed E-state index contributed by atoms with van der Waals surface area (Å²) in [6.45, 7) is 7.20. The average Bonchev–Trinajstić information content (AvgIpc) is 2.63. The number of nitrogens with one attached hydrogen (secondary N) is 1. The van der Waals surface area contributed by atoms with Crippen LogP contribution in [-0.4, -0.2) is 25.7 Å². The van der Waals surface area contributed by atoms with E-state index >= 15 is 0 Å². The van der Waals surface area contributed by atoms with E-state index in [0.717, 1.165) is 5.75 Å². The van der Waals surface area contributed by atoms with Crippen molar-refractivity contribution in [2.24, 2.45) is 0 Å². The Balaban J connectivity index is 1.66. The van der Waals surface area contributed by atoms with Gasteiger partial charge in [-0.3, -0.25) is 4.79 Å². The molecular weight excluding hydrogens is 328 g/mol. The lowest BCUT2D eigenvalue weighted by molar-refractivity contribution is -0.123. The highest BCUT2D eigenvalue weighted by atomic mass is 16.5. The van der Waals surface area contributed by atoms with Gasteiger partial charge in [-0.05, 0) is 47.4 Å². The highest BCUT2D eigenvalue weighted by Gasteiger charge is 2.12. The van der Waals surface area contributed by atoms with E-state index < -0.39 is 0 Å². The van der Waals surface area contributed by atoms with Gasteiger partial charge in [-0.1, -0.05) is 32.9 Å². The first-order chi connectivity index (χ1) is 12.4. The smallest absolute Gasteiger partial charge is 0.258 e. The number of benzene rings is 2. The Labute approximate surface area is 154 Å². The average molecular weight is 352 g/mol. The summed E-state index contributed by atoms with van der Waals surface area (Å²) in [5.74, 6) is 1.11. The Hall–Kier alpha value is -3.00. The van der Waals surface area contributed by atoms with Crippen LogP contribution < -0.4 is 14.8 Å². The Morgan fingerprint density at radius 1 is 1.00 bits per heavy atom. The summed E-state index contributed by atoms with van der Waals surface area (Å²) in [4.78, 5) is 11.8. The van der Waals surface area contributed by atoms with Gasteiger partial charge in [-0.15, -0.1) is 0 Å². The first-order valence-corrected chi connectivity index (χ1v) is 8.51. The summed E-state index contributed by atoms with van der Waals surface area (Å²) in [5.41, 5.74) is 1.91. The van der Waals surface area contributed by atoms with Crippen LogP contribution in [-0.2, 0) is 10.2 Å². The van der Waals surface area contributed by atoms with Gasteiger partial charge in [0.1, 0.15) is 18.1 Å². The van der Waals surface area contributed by atoms with Gasteiger partial charge in [-0.2, -0.15) is 5.26 Å². The SMILES string of the molecule is CC(C)(C)c1ccc(OCCNC(=O)COc2ccc(C#N)cc2)cc1. The molecule has 26 heavy (non-hydrogen) atoms. The summed E-state index contributed by atoms with van der Waals surface area (Å²) in [6.07, 6.45) is 0.